The third-order valence-electron chi connectivity index (χ3n) is 3.14. The van der Waals surface area contributed by atoms with Crippen molar-refractivity contribution in [3.05, 3.63) is 62.5 Å². The van der Waals surface area contributed by atoms with Crippen LogP contribution in [0.2, 0.25) is 0 Å². The van der Waals surface area contributed by atoms with Crippen LogP contribution in [0.25, 0.3) is 0 Å². The summed E-state index contributed by atoms with van der Waals surface area (Å²) >= 11 is 2.01. The monoisotopic (exact) mass is 383 g/mol. The minimum atomic E-state index is -0.304. The molecule has 0 aromatic heterocycles. The largest absolute Gasteiger partial charge is 0.325 e. The number of carbonyl (C=O) groups excluding carboxylic acids is 1. The molecule has 0 bridgehead atoms. The van der Waals surface area contributed by atoms with Crippen LogP contribution in [0.4, 0.5) is 10.1 Å². The molecule has 2 nitrogen and oxygen atoms in total. The zero-order chi connectivity index (χ0) is 14.7. The molecule has 0 unspecified atom stereocenters. The first-order chi connectivity index (χ1) is 9.45. The predicted octanol–water partition coefficient (Wildman–Crippen LogP) is 4.23. The lowest BCUT2D eigenvalue weighted by molar-refractivity contribution is -0.115. The van der Waals surface area contributed by atoms with Crippen LogP contribution >= 0.6 is 22.6 Å². The normalized spacial score (nSPS) is 10.4. The molecular formula is C16H15FINO. The van der Waals surface area contributed by atoms with Crippen molar-refractivity contribution in [3.8, 4) is 0 Å². The van der Waals surface area contributed by atoms with Gasteiger partial charge in [0, 0.05) is 3.57 Å². The molecule has 0 aliphatic rings. The molecule has 20 heavy (non-hydrogen) atoms. The number of aryl methyl sites for hydroxylation is 2. The molecule has 2 rings (SSSR count). The zero-order valence-electron chi connectivity index (χ0n) is 11.3. The molecule has 1 N–H and O–H groups in total. The highest BCUT2D eigenvalue weighted by molar-refractivity contribution is 14.1. The Morgan fingerprint density at radius 2 is 1.90 bits per heavy atom. The Morgan fingerprint density at radius 3 is 2.55 bits per heavy atom. The fraction of sp³-hybridized carbons (Fsp3) is 0.188. The number of nitrogens with one attached hydrogen (secondary N) is 1. The van der Waals surface area contributed by atoms with E-state index in [1.165, 1.54) is 23.3 Å². The molecule has 0 atom stereocenters. The molecule has 0 saturated heterocycles. The first-order valence-electron chi connectivity index (χ1n) is 6.27. The topological polar surface area (TPSA) is 29.1 Å². The van der Waals surface area contributed by atoms with Crippen molar-refractivity contribution in [1.82, 2.24) is 0 Å². The summed E-state index contributed by atoms with van der Waals surface area (Å²) in [5.41, 5.74) is 4.00. The highest BCUT2D eigenvalue weighted by Crippen LogP contribution is 2.19. The summed E-state index contributed by atoms with van der Waals surface area (Å²) in [6, 6.07) is 10.3. The second-order valence-corrected chi connectivity index (χ2v) is 5.93. The maximum Gasteiger partial charge on any atom is 0.228 e. The van der Waals surface area contributed by atoms with Crippen LogP contribution in [0.15, 0.2) is 36.4 Å². The van der Waals surface area contributed by atoms with Crippen LogP contribution in [0.5, 0.6) is 0 Å². The van der Waals surface area contributed by atoms with E-state index in [2.05, 4.69) is 5.32 Å². The van der Waals surface area contributed by atoms with E-state index in [0.717, 1.165) is 5.56 Å². The molecule has 2 aromatic carbocycles. The van der Waals surface area contributed by atoms with E-state index in [9.17, 15) is 9.18 Å². The van der Waals surface area contributed by atoms with Crippen molar-refractivity contribution in [3.63, 3.8) is 0 Å². The fourth-order valence-electron chi connectivity index (χ4n) is 1.88. The Morgan fingerprint density at radius 1 is 1.15 bits per heavy atom. The van der Waals surface area contributed by atoms with Crippen LogP contribution in [-0.2, 0) is 11.2 Å². The van der Waals surface area contributed by atoms with Gasteiger partial charge in [0.05, 0.1) is 12.1 Å². The number of amides is 1. The summed E-state index contributed by atoms with van der Waals surface area (Å²) in [5, 5.41) is 2.81. The van der Waals surface area contributed by atoms with E-state index in [0.29, 0.717) is 15.7 Å². The lowest BCUT2D eigenvalue weighted by atomic mass is 10.0. The number of carbonyl (C=O) groups is 1. The summed E-state index contributed by atoms with van der Waals surface area (Å²) in [7, 11) is 0. The van der Waals surface area contributed by atoms with Gasteiger partial charge in [0.25, 0.3) is 0 Å². The maximum atomic E-state index is 13.0. The van der Waals surface area contributed by atoms with E-state index in [1.54, 1.807) is 6.07 Å². The molecule has 0 spiro atoms. The third-order valence-corrected chi connectivity index (χ3v) is 4.03. The van der Waals surface area contributed by atoms with Gasteiger partial charge in [0.2, 0.25) is 5.91 Å². The van der Waals surface area contributed by atoms with E-state index >= 15 is 0 Å². The summed E-state index contributed by atoms with van der Waals surface area (Å²) in [6.45, 7) is 4.07. The highest BCUT2D eigenvalue weighted by atomic mass is 127. The van der Waals surface area contributed by atoms with Gasteiger partial charge in [-0.15, -0.1) is 0 Å². The second-order valence-electron chi connectivity index (χ2n) is 4.77. The van der Waals surface area contributed by atoms with Gasteiger partial charge in [-0.3, -0.25) is 4.79 Å². The number of rotatable bonds is 3. The van der Waals surface area contributed by atoms with Crippen LogP contribution in [-0.4, -0.2) is 5.91 Å². The molecular weight excluding hydrogens is 368 g/mol. The smallest absolute Gasteiger partial charge is 0.228 e. The van der Waals surface area contributed by atoms with Crippen molar-refractivity contribution in [2.45, 2.75) is 20.3 Å². The molecule has 0 aliphatic heterocycles. The summed E-state index contributed by atoms with van der Waals surface area (Å²) in [5.74, 6) is -0.403. The zero-order valence-corrected chi connectivity index (χ0v) is 13.5. The van der Waals surface area contributed by atoms with Crippen molar-refractivity contribution < 1.29 is 9.18 Å². The van der Waals surface area contributed by atoms with Crippen molar-refractivity contribution >= 4 is 34.2 Å². The number of anilines is 1. The molecule has 1 amide bonds. The quantitative estimate of drug-likeness (QED) is 0.790. The lowest BCUT2D eigenvalue weighted by Gasteiger charge is -2.08. The van der Waals surface area contributed by atoms with Crippen LogP contribution in [0, 0.1) is 23.2 Å². The third kappa shape index (κ3) is 3.79. The van der Waals surface area contributed by atoms with Crippen molar-refractivity contribution in [1.29, 1.82) is 0 Å². The number of benzene rings is 2. The number of hydrogen-bond donors (Lipinski definition) is 1. The molecule has 4 heteroatoms. The summed E-state index contributed by atoms with van der Waals surface area (Å²) in [6.07, 6.45) is 0.314. The minimum absolute atomic E-state index is 0.0993. The standard InChI is InChI=1S/C16H15FINO/c1-10-3-4-12(7-11(10)2)8-16(20)19-15-6-5-13(17)9-14(15)18/h3-7,9H,8H2,1-2H3,(H,19,20). The van der Waals surface area contributed by atoms with Gasteiger partial charge >= 0.3 is 0 Å². The Kier molecular flexibility index (Phi) is 4.75. The van der Waals surface area contributed by atoms with E-state index in [-0.39, 0.29) is 11.7 Å². The van der Waals surface area contributed by atoms with E-state index in [4.69, 9.17) is 0 Å². The molecule has 0 radical (unpaired) electrons. The summed E-state index contributed by atoms with van der Waals surface area (Å²) in [4.78, 5) is 12.0. The van der Waals surface area contributed by atoms with Crippen LogP contribution in [0.1, 0.15) is 16.7 Å². The summed E-state index contributed by atoms with van der Waals surface area (Å²) < 4.78 is 13.7. The highest BCUT2D eigenvalue weighted by Gasteiger charge is 2.08. The Balaban J connectivity index is 2.07. The van der Waals surface area contributed by atoms with Gasteiger partial charge in [-0.1, -0.05) is 18.2 Å². The molecule has 0 saturated carbocycles. The number of halogens is 2. The van der Waals surface area contributed by atoms with E-state index < -0.39 is 0 Å². The SMILES string of the molecule is Cc1ccc(CC(=O)Nc2ccc(F)cc2I)cc1C. The first-order valence-corrected chi connectivity index (χ1v) is 7.34. The average molecular weight is 383 g/mol. The van der Waals surface area contributed by atoms with Crippen LogP contribution in [0.3, 0.4) is 0 Å². The first kappa shape index (κ1) is 15.0. The maximum absolute atomic E-state index is 13.0. The molecule has 104 valence electrons. The van der Waals surface area contributed by atoms with Gasteiger partial charge in [0.1, 0.15) is 5.82 Å². The van der Waals surface area contributed by atoms with Crippen molar-refractivity contribution in [2.75, 3.05) is 5.32 Å². The van der Waals surface area contributed by atoms with Gasteiger partial charge in [0.15, 0.2) is 0 Å². The second kappa shape index (κ2) is 6.35. The molecule has 0 aliphatic carbocycles. The van der Waals surface area contributed by atoms with Gasteiger partial charge in [-0.05, 0) is 71.3 Å². The Hall–Kier alpha value is -1.43. The van der Waals surface area contributed by atoms with E-state index in [1.807, 2.05) is 54.6 Å². The molecule has 2 aromatic rings. The Bertz CT molecular complexity index is 655. The van der Waals surface area contributed by atoms with Gasteiger partial charge < -0.3 is 5.32 Å². The Labute approximate surface area is 131 Å². The fourth-order valence-corrected chi connectivity index (χ4v) is 2.50. The molecule has 0 heterocycles. The van der Waals surface area contributed by atoms with Gasteiger partial charge in [-0.25, -0.2) is 4.39 Å². The lowest BCUT2D eigenvalue weighted by Crippen LogP contribution is -2.15. The average Bonchev–Trinajstić information content (AvgIpc) is 2.37. The predicted molar refractivity (Wildman–Crippen MR) is 87.4 cm³/mol. The van der Waals surface area contributed by atoms with Crippen LogP contribution < -0.4 is 5.32 Å². The molecule has 0 fully saturated rings. The van der Waals surface area contributed by atoms with Gasteiger partial charge in [-0.2, -0.15) is 0 Å². The minimum Gasteiger partial charge on any atom is -0.325 e. The number of hydrogen-bond acceptors (Lipinski definition) is 1. The van der Waals surface area contributed by atoms with Crippen molar-refractivity contribution in [2.24, 2.45) is 0 Å².